The topological polar surface area (TPSA) is 69.8 Å². The average molecular weight is 408 g/mol. The Labute approximate surface area is 176 Å². The summed E-state index contributed by atoms with van der Waals surface area (Å²) in [6, 6.07) is 21.8. The fourth-order valence-electron chi connectivity index (χ4n) is 4.64. The standard InChI is InChI=1S/C23H27N5O2/c1-18-22(28(29)30)19(2)27(24-18)17-25-13-15-26(16-14-25)23(20-9-5-3-6-10-20)21-11-7-4-8-12-21/h3-12,23H,13-17H2,1-2H3/p+2. The Bertz CT molecular complexity index is 956. The van der Waals surface area contributed by atoms with Crippen molar-refractivity contribution in [1.82, 2.24) is 9.78 Å². The Morgan fingerprint density at radius 1 is 0.967 bits per heavy atom. The normalized spacial score (nSPS) is 19.2. The first-order valence-corrected chi connectivity index (χ1v) is 10.5. The maximum absolute atomic E-state index is 11.3. The third-order valence-electron chi connectivity index (χ3n) is 6.17. The van der Waals surface area contributed by atoms with Crippen molar-refractivity contribution >= 4 is 5.69 Å². The fraction of sp³-hybridized carbons (Fsp3) is 0.348. The van der Waals surface area contributed by atoms with Crippen LogP contribution in [0.5, 0.6) is 0 Å². The van der Waals surface area contributed by atoms with Crippen LogP contribution in [0.3, 0.4) is 0 Å². The predicted molar refractivity (Wildman–Crippen MR) is 114 cm³/mol. The number of hydrogen-bond acceptors (Lipinski definition) is 3. The zero-order chi connectivity index (χ0) is 21.1. The van der Waals surface area contributed by atoms with Gasteiger partial charge in [0.2, 0.25) is 0 Å². The van der Waals surface area contributed by atoms with Crippen LogP contribution in [0.4, 0.5) is 5.69 Å². The van der Waals surface area contributed by atoms with Gasteiger partial charge in [0.1, 0.15) is 43.6 Å². The summed E-state index contributed by atoms with van der Waals surface area (Å²) < 4.78 is 1.81. The maximum Gasteiger partial charge on any atom is 0.312 e. The minimum atomic E-state index is -0.324. The van der Waals surface area contributed by atoms with E-state index in [9.17, 15) is 10.1 Å². The highest BCUT2D eigenvalue weighted by Gasteiger charge is 2.32. The number of nitrogens with zero attached hydrogens (tertiary/aromatic N) is 3. The van der Waals surface area contributed by atoms with Gasteiger partial charge in [-0.05, 0) is 13.8 Å². The van der Waals surface area contributed by atoms with Crippen LogP contribution in [0.25, 0.3) is 0 Å². The number of nitro groups is 1. The lowest BCUT2D eigenvalue weighted by Gasteiger charge is -2.35. The number of nitrogens with one attached hydrogen (secondary N) is 2. The molecule has 0 aliphatic carbocycles. The van der Waals surface area contributed by atoms with E-state index in [0.717, 1.165) is 26.2 Å². The molecule has 7 heteroatoms. The molecule has 2 heterocycles. The molecule has 1 aliphatic rings. The third-order valence-corrected chi connectivity index (χ3v) is 6.17. The van der Waals surface area contributed by atoms with E-state index >= 15 is 0 Å². The van der Waals surface area contributed by atoms with E-state index in [1.807, 2.05) is 0 Å². The van der Waals surface area contributed by atoms with Gasteiger partial charge in [0, 0.05) is 11.1 Å². The number of quaternary nitrogens is 2. The van der Waals surface area contributed by atoms with E-state index in [1.165, 1.54) is 16.0 Å². The molecule has 1 saturated heterocycles. The molecule has 4 rings (SSSR count). The van der Waals surface area contributed by atoms with E-state index in [0.29, 0.717) is 24.1 Å². The summed E-state index contributed by atoms with van der Waals surface area (Å²) in [7, 11) is 0. The lowest BCUT2D eigenvalue weighted by atomic mass is 9.96. The summed E-state index contributed by atoms with van der Waals surface area (Å²) in [6.45, 7) is 8.30. The van der Waals surface area contributed by atoms with Crippen LogP contribution >= 0.6 is 0 Å². The van der Waals surface area contributed by atoms with E-state index in [1.54, 1.807) is 23.4 Å². The highest BCUT2D eigenvalue weighted by atomic mass is 16.6. The van der Waals surface area contributed by atoms with Gasteiger partial charge in [0.25, 0.3) is 0 Å². The van der Waals surface area contributed by atoms with Crippen LogP contribution in [0.15, 0.2) is 60.7 Å². The number of aryl methyl sites for hydroxylation is 1. The Morgan fingerprint density at radius 2 is 1.50 bits per heavy atom. The van der Waals surface area contributed by atoms with Crippen LogP contribution in [-0.4, -0.2) is 40.9 Å². The number of benzene rings is 2. The Balaban J connectivity index is 1.48. The molecule has 3 aromatic rings. The zero-order valence-corrected chi connectivity index (χ0v) is 17.5. The van der Waals surface area contributed by atoms with Crippen LogP contribution in [0.1, 0.15) is 28.6 Å². The smallest absolute Gasteiger partial charge is 0.312 e. The molecule has 0 spiro atoms. The Hall–Kier alpha value is -3.03. The van der Waals surface area contributed by atoms with Crippen molar-refractivity contribution in [2.24, 2.45) is 0 Å². The van der Waals surface area contributed by atoms with Gasteiger partial charge in [-0.1, -0.05) is 60.7 Å². The molecule has 2 aromatic carbocycles. The maximum atomic E-state index is 11.3. The zero-order valence-electron chi connectivity index (χ0n) is 17.5. The number of aromatic nitrogens is 2. The number of rotatable bonds is 6. The minimum absolute atomic E-state index is 0.145. The first kappa shape index (κ1) is 20.3. The summed E-state index contributed by atoms with van der Waals surface area (Å²) in [5, 5.41) is 15.7. The van der Waals surface area contributed by atoms with Gasteiger partial charge in [-0.2, -0.15) is 5.10 Å². The quantitative estimate of drug-likeness (QED) is 0.472. The van der Waals surface area contributed by atoms with Crippen molar-refractivity contribution < 1.29 is 14.7 Å². The molecule has 0 bridgehead atoms. The van der Waals surface area contributed by atoms with Gasteiger partial charge in [-0.3, -0.25) is 10.1 Å². The predicted octanol–water partition coefficient (Wildman–Crippen LogP) is 0.939. The molecule has 1 aliphatic heterocycles. The molecular formula is C23H29N5O2+2. The molecule has 1 fully saturated rings. The van der Waals surface area contributed by atoms with E-state index < -0.39 is 0 Å². The highest BCUT2D eigenvalue weighted by molar-refractivity contribution is 5.39. The van der Waals surface area contributed by atoms with Crippen LogP contribution in [-0.2, 0) is 6.67 Å². The second-order valence-electron chi connectivity index (χ2n) is 8.10. The summed E-state index contributed by atoms with van der Waals surface area (Å²) in [5.74, 6) is 0. The van der Waals surface area contributed by atoms with E-state index in [4.69, 9.17) is 0 Å². The van der Waals surface area contributed by atoms with Crippen molar-refractivity contribution in [3.63, 3.8) is 0 Å². The number of hydrogen-bond donors (Lipinski definition) is 2. The van der Waals surface area contributed by atoms with Gasteiger partial charge in [0.15, 0.2) is 6.67 Å². The van der Waals surface area contributed by atoms with Gasteiger partial charge < -0.3 is 9.80 Å². The first-order chi connectivity index (χ1) is 14.5. The summed E-state index contributed by atoms with van der Waals surface area (Å²) in [4.78, 5) is 13.9. The molecular weight excluding hydrogens is 378 g/mol. The van der Waals surface area contributed by atoms with Gasteiger partial charge in [-0.25, -0.2) is 4.68 Å². The van der Waals surface area contributed by atoms with Gasteiger partial charge in [0.05, 0.1) is 4.92 Å². The van der Waals surface area contributed by atoms with Crippen LogP contribution in [0.2, 0.25) is 0 Å². The molecule has 2 N–H and O–H groups in total. The molecule has 0 atom stereocenters. The molecule has 156 valence electrons. The second-order valence-corrected chi connectivity index (χ2v) is 8.10. The van der Waals surface area contributed by atoms with Crippen molar-refractivity contribution in [2.75, 3.05) is 26.2 Å². The molecule has 0 unspecified atom stereocenters. The minimum Gasteiger partial charge on any atom is -0.316 e. The first-order valence-electron chi connectivity index (χ1n) is 10.5. The SMILES string of the molecule is Cc1nn(C[NH+]2CC[NH+](C(c3ccccc3)c3ccccc3)CC2)c(C)c1[N+](=O)[O-]. The summed E-state index contributed by atoms with van der Waals surface area (Å²) in [5.41, 5.74) is 3.97. The molecule has 0 saturated carbocycles. The number of piperazine rings is 1. The fourth-order valence-corrected chi connectivity index (χ4v) is 4.64. The third kappa shape index (κ3) is 4.13. The Morgan fingerprint density at radius 3 is 1.97 bits per heavy atom. The second kappa shape index (κ2) is 8.77. The lowest BCUT2D eigenvalue weighted by molar-refractivity contribution is -1.03. The summed E-state index contributed by atoms with van der Waals surface area (Å²) >= 11 is 0. The molecule has 30 heavy (non-hydrogen) atoms. The molecule has 0 amide bonds. The Kier molecular flexibility index (Phi) is 5.92. The lowest BCUT2D eigenvalue weighted by Crippen LogP contribution is -3.27. The van der Waals surface area contributed by atoms with Gasteiger partial charge >= 0.3 is 5.69 Å². The van der Waals surface area contributed by atoms with Crippen LogP contribution in [0, 0.1) is 24.0 Å². The van der Waals surface area contributed by atoms with E-state index in [-0.39, 0.29) is 10.6 Å². The summed E-state index contributed by atoms with van der Waals surface area (Å²) in [6.07, 6.45) is 0. The van der Waals surface area contributed by atoms with Crippen LogP contribution < -0.4 is 9.80 Å². The molecule has 1 aromatic heterocycles. The molecule has 0 radical (unpaired) electrons. The van der Waals surface area contributed by atoms with E-state index in [2.05, 4.69) is 65.8 Å². The van der Waals surface area contributed by atoms with Crippen molar-refractivity contribution in [3.8, 4) is 0 Å². The molecule has 7 nitrogen and oxygen atoms in total. The average Bonchev–Trinajstić information content (AvgIpc) is 3.04. The van der Waals surface area contributed by atoms with Crippen molar-refractivity contribution in [3.05, 3.63) is 93.3 Å². The van der Waals surface area contributed by atoms with Crippen molar-refractivity contribution in [1.29, 1.82) is 0 Å². The van der Waals surface area contributed by atoms with Gasteiger partial charge in [-0.15, -0.1) is 0 Å². The monoisotopic (exact) mass is 407 g/mol. The highest BCUT2D eigenvalue weighted by Crippen LogP contribution is 2.21. The largest absolute Gasteiger partial charge is 0.316 e. The van der Waals surface area contributed by atoms with Crippen molar-refractivity contribution in [2.45, 2.75) is 26.6 Å².